The van der Waals surface area contributed by atoms with Crippen molar-refractivity contribution in [3.8, 4) is 0 Å². The molecule has 4 atom stereocenters. The molecule has 1 aliphatic heterocycles. The molecule has 1 saturated heterocycles. The lowest BCUT2D eigenvalue weighted by Crippen LogP contribution is -2.52. The summed E-state index contributed by atoms with van der Waals surface area (Å²) in [6.07, 6.45) is -2.94. The highest BCUT2D eigenvalue weighted by Crippen LogP contribution is 2.33. The van der Waals surface area contributed by atoms with Gasteiger partial charge in [-0.1, -0.05) is 0 Å². The lowest BCUT2D eigenvalue weighted by atomic mass is 10.1. The van der Waals surface area contributed by atoms with Crippen molar-refractivity contribution in [3.63, 3.8) is 0 Å². The Balaban J connectivity index is 2.14. The molecule has 1 heterocycles. The summed E-state index contributed by atoms with van der Waals surface area (Å²) in [5.41, 5.74) is 0. The van der Waals surface area contributed by atoms with E-state index >= 15 is 0 Å². The molecule has 2 fully saturated rings. The Morgan fingerprint density at radius 3 is 2.45 bits per heavy atom. The van der Waals surface area contributed by atoms with Gasteiger partial charge in [-0.25, -0.2) is 4.79 Å². The van der Waals surface area contributed by atoms with Gasteiger partial charge in [0, 0.05) is 12.4 Å². The number of alkyl halides is 1. The van der Waals surface area contributed by atoms with Gasteiger partial charge in [0.2, 0.25) is 0 Å². The van der Waals surface area contributed by atoms with Gasteiger partial charge in [0.25, 0.3) is 0 Å². The van der Waals surface area contributed by atoms with Crippen LogP contribution in [0.4, 0.5) is 4.79 Å². The molecule has 1 saturated carbocycles. The van der Waals surface area contributed by atoms with E-state index in [9.17, 15) is 19.9 Å². The summed E-state index contributed by atoms with van der Waals surface area (Å²) in [5.74, 6) is 0.291. The molecule has 9 nitrogen and oxygen atoms in total. The highest BCUT2D eigenvalue weighted by atomic mass is 35.5. The van der Waals surface area contributed by atoms with E-state index in [1.807, 2.05) is 0 Å². The molecule has 22 heavy (non-hydrogen) atoms. The normalized spacial score (nSPS) is 31.1. The van der Waals surface area contributed by atoms with Crippen molar-refractivity contribution in [1.82, 2.24) is 9.91 Å². The Morgan fingerprint density at radius 1 is 1.32 bits per heavy atom. The first-order valence-electron chi connectivity index (χ1n) is 7.13. The first-order chi connectivity index (χ1) is 10.5. The molecule has 0 spiro atoms. The van der Waals surface area contributed by atoms with E-state index in [0.29, 0.717) is 5.01 Å². The monoisotopic (exact) mass is 337 g/mol. The number of hydrogen-bond acceptors (Lipinski definition) is 7. The van der Waals surface area contributed by atoms with Crippen LogP contribution in [0.5, 0.6) is 0 Å². The lowest BCUT2D eigenvalue weighted by molar-refractivity contribution is -0.0846. The molecular formula is C12H20ClN3O6. The molecule has 1 unspecified atom stereocenters. The standard InChI is InChI=1S/C12H20ClN3O6/c13-3-4-16(14-21)12(20)15(5-7-1-2-7)11-10(19)9(18)8(6-17)22-11/h7-11,17-19H,1-6H2/t8-,9-,10-,11?/m1/s1. The number of carbonyl (C=O) groups is 1. The fourth-order valence-corrected chi connectivity index (χ4v) is 2.57. The number of nitrogens with zero attached hydrogens (tertiary/aromatic N) is 3. The number of hydrogen-bond donors (Lipinski definition) is 3. The minimum Gasteiger partial charge on any atom is -0.394 e. The zero-order valence-corrected chi connectivity index (χ0v) is 12.7. The number of carbonyl (C=O) groups excluding carboxylic acids is 1. The fraction of sp³-hybridized carbons (Fsp3) is 0.917. The number of nitroso groups, excluding NO2 is 1. The highest BCUT2D eigenvalue weighted by molar-refractivity contribution is 6.18. The summed E-state index contributed by atoms with van der Waals surface area (Å²) in [5, 5.41) is 32.3. The SMILES string of the molecule is O=NN(CCCl)C(=O)N(CC1CC1)C1O[C@H](CO)[C@@H](O)[C@H]1O. The zero-order valence-electron chi connectivity index (χ0n) is 11.9. The molecule has 0 bridgehead atoms. The summed E-state index contributed by atoms with van der Waals surface area (Å²) in [6, 6.07) is -0.739. The van der Waals surface area contributed by atoms with Crippen molar-refractivity contribution in [1.29, 1.82) is 0 Å². The van der Waals surface area contributed by atoms with Crippen LogP contribution in [0, 0.1) is 10.8 Å². The minimum atomic E-state index is -1.37. The molecular weight excluding hydrogens is 318 g/mol. The number of aliphatic hydroxyl groups excluding tert-OH is 3. The van der Waals surface area contributed by atoms with Gasteiger partial charge in [0.1, 0.15) is 18.3 Å². The summed E-state index contributed by atoms with van der Waals surface area (Å²) in [7, 11) is 0. The molecule has 0 aromatic heterocycles. The third-order valence-corrected chi connectivity index (χ3v) is 4.01. The zero-order chi connectivity index (χ0) is 16.3. The van der Waals surface area contributed by atoms with Crippen molar-refractivity contribution in [2.45, 2.75) is 37.4 Å². The largest absolute Gasteiger partial charge is 0.394 e. The number of rotatable bonds is 7. The predicted octanol–water partition coefficient (Wildman–Crippen LogP) is -0.520. The smallest absolute Gasteiger partial charge is 0.345 e. The van der Waals surface area contributed by atoms with E-state index in [1.54, 1.807) is 0 Å². The maximum Gasteiger partial charge on any atom is 0.345 e. The van der Waals surface area contributed by atoms with Gasteiger partial charge in [-0.15, -0.1) is 16.5 Å². The van der Waals surface area contributed by atoms with Crippen LogP contribution >= 0.6 is 11.6 Å². The van der Waals surface area contributed by atoms with Crippen molar-refractivity contribution in [3.05, 3.63) is 4.91 Å². The molecule has 2 aliphatic rings. The van der Waals surface area contributed by atoms with Crippen LogP contribution in [0.3, 0.4) is 0 Å². The van der Waals surface area contributed by atoms with Crippen molar-refractivity contribution in [2.24, 2.45) is 11.2 Å². The van der Waals surface area contributed by atoms with E-state index in [2.05, 4.69) is 5.29 Å². The molecule has 3 N–H and O–H groups in total. The van der Waals surface area contributed by atoms with Crippen molar-refractivity contribution < 1.29 is 24.9 Å². The van der Waals surface area contributed by atoms with Gasteiger partial charge in [0.15, 0.2) is 6.23 Å². The summed E-state index contributed by atoms with van der Waals surface area (Å²) >= 11 is 5.53. The van der Waals surface area contributed by atoms with E-state index in [0.717, 1.165) is 12.8 Å². The number of amides is 2. The van der Waals surface area contributed by atoms with E-state index in [4.69, 9.17) is 21.4 Å². The van der Waals surface area contributed by atoms with Gasteiger partial charge in [-0.3, -0.25) is 4.90 Å². The Hall–Kier alpha value is -1.00. The number of ether oxygens (including phenoxy) is 1. The molecule has 2 amide bonds. The Bertz CT molecular complexity index is 410. The maximum atomic E-state index is 12.4. The average Bonchev–Trinajstić information content (AvgIpc) is 3.29. The van der Waals surface area contributed by atoms with E-state index in [-0.39, 0.29) is 24.9 Å². The Morgan fingerprint density at radius 2 is 2.00 bits per heavy atom. The van der Waals surface area contributed by atoms with Crippen LogP contribution in [0.25, 0.3) is 0 Å². The molecule has 1 aliphatic carbocycles. The highest BCUT2D eigenvalue weighted by Gasteiger charge is 2.48. The second-order valence-electron chi connectivity index (χ2n) is 5.50. The van der Waals surface area contributed by atoms with Crippen molar-refractivity contribution in [2.75, 3.05) is 25.6 Å². The third kappa shape index (κ3) is 3.66. The fourth-order valence-electron chi connectivity index (χ4n) is 2.41. The minimum absolute atomic E-state index is 0.0325. The summed E-state index contributed by atoms with van der Waals surface area (Å²) < 4.78 is 5.37. The number of urea groups is 1. The van der Waals surface area contributed by atoms with E-state index in [1.165, 1.54) is 4.90 Å². The maximum absolute atomic E-state index is 12.4. The number of halogens is 1. The second kappa shape index (κ2) is 7.51. The topological polar surface area (TPSA) is 123 Å². The molecule has 2 rings (SSSR count). The van der Waals surface area contributed by atoms with Crippen LogP contribution in [-0.4, -0.2) is 81.4 Å². The molecule has 0 radical (unpaired) electrons. The van der Waals surface area contributed by atoms with Gasteiger partial charge < -0.3 is 20.1 Å². The third-order valence-electron chi connectivity index (χ3n) is 3.84. The van der Waals surface area contributed by atoms with Crippen LogP contribution in [0.2, 0.25) is 0 Å². The predicted molar refractivity (Wildman–Crippen MR) is 75.8 cm³/mol. The van der Waals surface area contributed by atoms with Crippen LogP contribution < -0.4 is 0 Å². The summed E-state index contributed by atoms with van der Waals surface area (Å²) in [4.78, 5) is 24.4. The molecule has 0 aromatic carbocycles. The first-order valence-corrected chi connectivity index (χ1v) is 7.66. The number of aliphatic hydroxyl groups is 3. The molecule has 10 heteroatoms. The lowest BCUT2D eigenvalue weighted by Gasteiger charge is -2.32. The van der Waals surface area contributed by atoms with E-state index < -0.39 is 37.2 Å². The summed E-state index contributed by atoms with van der Waals surface area (Å²) in [6.45, 7) is -0.281. The first kappa shape index (κ1) is 17.4. The van der Waals surface area contributed by atoms with Crippen LogP contribution in [-0.2, 0) is 4.74 Å². The quantitative estimate of drug-likeness (QED) is 0.326. The van der Waals surface area contributed by atoms with Crippen molar-refractivity contribution >= 4 is 17.6 Å². The molecule has 0 aromatic rings. The Kier molecular flexibility index (Phi) is 5.93. The second-order valence-corrected chi connectivity index (χ2v) is 5.88. The van der Waals surface area contributed by atoms with Gasteiger partial charge in [0.05, 0.1) is 18.4 Å². The van der Waals surface area contributed by atoms with Gasteiger partial charge >= 0.3 is 6.03 Å². The average molecular weight is 338 g/mol. The van der Waals surface area contributed by atoms with Gasteiger partial charge in [-0.2, -0.15) is 5.01 Å². The van der Waals surface area contributed by atoms with Gasteiger partial charge in [-0.05, 0) is 18.8 Å². The molecule has 126 valence electrons. The van der Waals surface area contributed by atoms with Crippen LogP contribution in [0.1, 0.15) is 12.8 Å². The van der Waals surface area contributed by atoms with Crippen LogP contribution in [0.15, 0.2) is 5.29 Å². The Labute approximate surface area is 132 Å².